The van der Waals surface area contributed by atoms with Gasteiger partial charge in [0.05, 0.1) is 28.7 Å². The SMILES string of the molecule is CC(NC(=O)c1ccc(Br)cc1)c1nc2ccccc2n1CCCOc1ccccc1Cl. The van der Waals surface area contributed by atoms with E-state index in [1.165, 1.54) is 0 Å². The third-order valence-corrected chi connectivity index (χ3v) is 5.99. The number of aryl methyl sites for hydroxylation is 1. The maximum atomic E-state index is 12.7. The van der Waals surface area contributed by atoms with E-state index in [0.717, 1.165) is 27.8 Å². The molecular formula is C25H23BrClN3O2. The Labute approximate surface area is 200 Å². The molecule has 1 aromatic heterocycles. The van der Waals surface area contributed by atoms with E-state index in [4.69, 9.17) is 21.3 Å². The Kier molecular flexibility index (Phi) is 7.12. The van der Waals surface area contributed by atoms with E-state index in [9.17, 15) is 4.79 Å². The number of nitrogens with one attached hydrogen (secondary N) is 1. The summed E-state index contributed by atoms with van der Waals surface area (Å²) in [6.07, 6.45) is 0.770. The molecule has 0 fully saturated rings. The second-order valence-corrected chi connectivity index (χ2v) is 8.77. The first kappa shape index (κ1) is 22.4. The monoisotopic (exact) mass is 511 g/mol. The Bertz CT molecular complexity index is 1220. The molecule has 0 saturated carbocycles. The molecule has 0 saturated heterocycles. The second kappa shape index (κ2) is 10.2. The van der Waals surface area contributed by atoms with Gasteiger partial charge in [-0.25, -0.2) is 4.98 Å². The lowest BCUT2D eigenvalue weighted by molar-refractivity contribution is 0.0937. The Morgan fingerprint density at radius 1 is 1.09 bits per heavy atom. The molecule has 0 spiro atoms. The fraction of sp³-hybridized carbons (Fsp3) is 0.200. The van der Waals surface area contributed by atoms with E-state index in [0.29, 0.717) is 29.5 Å². The van der Waals surface area contributed by atoms with Crippen molar-refractivity contribution in [3.05, 3.63) is 93.7 Å². The van der Waals surface area contributed by atoms with Crippen LogP contribution in [0.5, 0.6) is 5.75 Å². The van der Waals surface area contributed by atoms with Crippen molar-refractivity contribution in [1.82, 2.24) is 14.9 Å². The third-order valence-electron chi connectivity index (χ3n) is 5.15. The molecule has 164 valence electrons. The molecule has 32 heavy (non-hydrogen) atoms. The van der Waals surface area contributed by atoms with Crippen LogP contribution < -0.4 is 10.1 Å². The molecule has 0 radical (unpaired) electrons. The van der Waals surface area contributed by atoms with Gasteiger partial charge in [0, 0.05) is 16.6 Å². The summed E-state index contributed by atoms with van der Waals surface area (Å²) in [5, 5.41) is 3.67. The summed E-state index contributed by atoms with van der Waals surface area (Å²) in [6.45, 7) is 3.18. The van der Waals surface area contributed by atoms with Gasteiger partial charge in [-0.2, -0.15) is 0 Å². The number of carbonyl (C=O) groups is 1. The predicted molar refractivity (Wildman–Crippen MR) is 131 cm³/mol. The highest BCUT2D eigenvalue weighted by atomic mass is 79.9. The molecule has 0 aliphatic carbocycles. The lowest BCUT2D eigenvalue weighted by atomic mass is 10.2. The quantitative estimate of drug-likeness (QED) is 0.277. The molecule has 4 rings (SSSR count). The number of carbonyl (C=O) groups excluding carboxylic acids is 1. The summed E-state index contributed by atoms with van der Waals surface area (Å²) in [6, 6.07) is 22.5. The Morgan fingerprint density at radius 2 is 1.81 bits per heavy atom. The third kappa shape index (κ3) is 5.14. The van der Waals surface area contributed by atoms with Gasteiger partial charge in [0.2, 0.25) is 0 Å². The molecule has 5 nitrogen and oxygen atoms in total. The van der Waals surface area contributed by atoms with Crippen molar-refractivity contribution < 1.29 is 9.53 Å². The van der Waals surface area contributed by atoms with Crippen LogP contribution in [0.15, 0.2) is 77.3 Å². The summed E-state index contributed by atoms with van der Waals surface area (Å²) in [5.41, 5.74) is 2.54. The van der Waals surface area contributed by atoms with E-state index in [1.54, 1.807) is 12.1 Å². The van der Waals surface area contributed by atoms with Gasteiger partial charge >= 0.3 is 0 Å². The Balaban J connectivity index is 1.48. The van der Waals surface area contributed by atoms with Crippen molar-refractivity contribution in [3.63, 3.8) is 0 Å². The van der Waals surface area contributed by atoms with Gasteiger partial charge in [-0.15, -0.1) is 0 Å². The van der Waals surface area contributed by atoms with Crippen molar-refractivity contribution in [3.8, 4) is 5.75 Å². The number of ether oxygens (including phenoxy) is 1. The molecule has 7 heteroatoms. The van der Waals surface area contributed by atoms with Gasteiger partial charge in [-0.3, -0.25) is 4.79 Å². The number of rotatable bonds is 8. The van der Waals surface area contributed by atoms with E-state index in [2.05, 4.69) is 25.8 Å². The fourth-order valence-electron chi connectivity index (χ4n) is 3.57. The van der Waals surface area contributed by atoms with Crippen molar-refractivity contribution >= 4 is 44.5 Å². The van der Waals surface area contributed by atoms with Crippen molar-refractivity contribution in [2.24, 2.45) is 0 Å². The van der Waals surface area contributed by atoms with Crippen LogP contribution in [-0.2, 0) is 6.54 Å². The van der Waals surface area contributed by atoms with Crippen LogP contribution >= 0.6 is 27.5 Å². The van der Waals surface area contributed by atoms with Crippen LogP contribution in [0, 0.1) is 0 Å². The molecule has 0 aliphatic rings. The summed E-state index contributed by atoms with van der Waals surface area (Å²) in [5.74, 6) is 1.36. The van der Waals surface area contributed by atoms with E-state index in [1.807, 2.05) is 67.6 Å². The number of fused-ring (bicyclic) bond motifs is 1. The zero-order valence-corrected chi connectivity index (χ0v) is 19.9. The maximum Gasteiger partial charge on any atom is 0.251 e. The normalized spacial score (nSPS) is 12.0. The first-order chi connectivity index (χ1) is 15.5. The number of hydrogen-bond donors (Lipinski definition) is 1. The zero-order chi connectivity index (χ0) is 22.5. The average Bonchev–Trinajstić information content (AvgIpc) is 3.17. The predicted octanol–water partition coefficient (Wildman–Crippen LogP) is 6.41. The lowest BCUT2D eigenvalue weighted by Gasteiger charge is -2.17. The molecule has 4 aromatic rings. The van der Waals surface area contributed by atoms with Gasteiger partial charge in [0.15, 0.2) is 0 Å². The van der Waals surface area contributed by atoms with E-state index >= 15 is 0 Å². The smallest absolute Gasteiger partial charge is 0.251 e. The number of aromatic nitrogens is 2. The molecule has 1 amide bonds. The highest BCUT2D eigenvalue weighted by molar-refractivity contribution is 9.10. The summed E-state index contributed by atoms with van der Waals surface area (Å²) in [4.78, 5) is 17.5. The van der Waals surface area contributed by atoms with Gasteiger partial charge in [0.25, 0.3) is 5.91 Å². The topological polar surface area (TPSA) is 56.2 Å². The maximum absolute atomic E-state index is 12.7. The van der Waals surface area contributed by atoms with Crippen LogP contribution in [0.2, 0.25) is 5.02 Å². The van der Waals surface area contributed by atoms with Crippen molar-refractivity contribution in [1.29, 1.82) is 0 Å². The number of benzene rings is 3. The van der Waals surface area contributed by atoms with Crippen molar-refractivity contribution in [2.75, 3.05) is 6.61 Å². The van der Waals surface area contributed by atoms with Crippen LogP contribution in [0.25, 0.3) is 11.0 Å². The minimum atomic E-state index is -0.261. The van der Waals surface area contributed by atoms with Crippen LogP contribution in [-0.4, -0.2) is 22.1 Å². The standard InChI is InChI=1S/C25H23BrClN3O2/c1-17(28-25(31)18-11-13-19(26)14-12-18)24-29-21-8-3-4-9-22(21)30(24)15-6-16-32-23-10-5-2-7-20(23)27/h2-5,7-14,17H,6,15-16H2,1H3,(H,28,31). The molecule has 1 unspecified atom stereocenters. The molecule has 0 bridgehead atoms. The van der Waals surface area contributed by atoms with Gasteiger partial charge < -0.3 is 14.6 Å². The largest absolute Gasteiger partial charge is 0.492 e. The number of imidazole rings is 1. The number of para-hydroxylation sites is 3. The highest BCUT2D eigenvalue weighted by Gasteiger charge is 2.19. The number of nitrogens with zero attached hydrogens (tertiary/aromatic N) is 2. The van der Waals surface area contributed by atoms with E-state index in [-0.39, 0.29) is 11.9 Å². The number of halogens is 2. The first-order valence-electron chi connectivity index (χ1n) is 10.4. The fourth-order valence-corrected chi connectivity index (χ4v) is 4.03. The molecule has 0 aliphatic heterocycles. The number of hydrogen-bond acceptors (Lipinski definition) is 3. The molecule has 1 heterocycles. The van der Waals surface area contributed by atoms with Gasteiger partial charge in [-0.05, 0) is 61.9 Å². The Morgan fingerprint density at radius 3 is 2.59 bits per heavy atom. The minimum Gasteiger partial charge on any atom is -0.492 e. The Hall–Kier alpha value is -2.83. The van der Waals surface area contributed by atoms with Crippen molar-refractivity contribution in [2.45, 2.75) is 25.9 Å². The number of amides is 1. The highest BCUT2D eigenvalue weighted by Crippen LogP contribution is 2.24. The van der Waals surface area contributed by atoms with E-state index < -0.39 is 0 Å². The molecule has 1 N–H and O–H groups in total. The average molecular weight is 513 g/mol. The second-order valence-electron chi connectivity index (χ2n) is 7.44. The summed E-state index contributed by atoms with van der Waals surface area (Å²) < 4.78 is 8.92. The van der Waals surface area contributed by atoms with Crippen LogP contribution in [0.1, 0.15) is 35.6 Å². The van der Waals surface area contributed by atoms with Crippen LogP contribution in [0.4, 0.5) is 0 Å². The van der Waals surface area contributed by atoms with Gasteiger partial charge in [0.1, 0.15) is 11.6 Å². The summed E-state index contributed by atoms with van der Waals surface area (Å²) in [7, 11) is 0. The molecular weight excluding hydrogens is 490 g/mol. The van der Waals surface area contributed by atoms with Crippen LogP contribution in [0.3, 0.4) is 0 Å². The first-order valence-corrected chi connectivity index (χ1v) is 11.6. The zero-order valence-electron chi connectivity index (χ0n) is 17.6. The summed E-state index contributed by atoms with van der Waals surface area (Å²) >= 11 is 9.57. The van der Waals surface area contributed by atoms with Gasteiger partial charge in [-0.1, -0.05) is 51.8 Å². The molecule has 1 atom stereocenters. The minimum absolute atomic E-state index is 0.134. The molecule has 3 aromatic carbocycles. The lowest BCUT2D eigenvalue weighted by Crippen LogP contribution is -2.28.